The first-order chi connectivity index (χ1) is 13.5. The number of aliphatic hydroxyl groups excluding tert-OH is 1. The van der Waals surface area contributed by atoms with Crippen LogP contribution < -0.4 is 5.69 Å². The van der Waals surface area contributed by atoms with Crippen LogP contribution in [0.3, 0.4) is 0 Å². The Morgan fingerprint density at radius 1 is 1.11 bits per heavy atom. The molecule has 0 aliphatic heterocycles. The van der Waals surface area contributed by atoms with Gasteiger partial charge in [-0.2, -0.15) is 5.10 Å². The predicted octanol–water partition coefficient (Wildman–Crippen LogP) is 2.16. The molecule has 0 saturated heterocycles. The first kappa shape index (κ1) is 17.1. The lowest BCUT2D eigenvalue weighted by Gasteiger charge is -2.26. The molecule has 5 rings (SSSR count). The molecule has 0 aromatic carbocycles. The topological polar surface area (TPSA) is 90.8 Å². The molecule has 144 valence electrons. The molecule has 4 aromatic heterocycles. The summed E-state index contributed by atoms with van der Waals surface area (Å²) < 4.78 is 5.25. The summed E-state index contributed by atoms with van der Waals surface area (Å²) >= 11 is 0. The molecule has 1 aliphatic rings. The van der Waals surface area contributed by atoms with Crippen LogP contribution in [0.4, 0.5) is 0 Å². The molecule has 0 radical (unpaired) electrons. The molecule has 0 spiro atoms. The number of aliphatic hydroxyl groups is 1. The van der Waals surface area contributed by atoms with E-state index in [1.165, 1.54) is 0 Å². The summed E-state index contributed by atoms with van der Waals surface area (Å²) in [6.45, 7) is 0. The first-order valence-corrected chi connectivity index (χ1v) is 9.56. The number of aryl methyl sites for hydroxylation is 2. The van der Waals surface area contributed by atoms with Crippen molar-refractivity contribution in [2.24, 2.45) is 14.1 Å². The second kappa shape index (κ2) is 6.27. The van der Waals surface area contributed by atoms with Crippen molar-refractivity contribution >= 4 is 22.1 Å². The number of fused-ring (bicyclic) bond motifs is 3. The monoisotopic (exact) mass is 378 g/mol. The lowest BCUT2D eigenvalue weighted by Crippen LogP contribution is -2.29. The number of hydrogen-bond donors (Lipinski definition) is 1. The first-order valence-electron chi connectivity index (χ1n) is 9.56. The smallest absolute Gasteiger partial charge is 0.329 e. The van der Waals surface area contributed by atoms with Crippen LogP contribution in [0.15, 0.2) is 35.5 Å². The molecule has 0 amide bonds. The Labute approximate surface area is 161 Å². The van der Waals surface area contributed by atoms with Gasteiger partial charge in [0, 0.05) is 31.9 Å². The summed E-state index contributed by atoms with van der Waals surface area (Å²) in [7, 11) is 3.65. The highest BCUT2D eigenvalue weighted by atomic mass is 16.3. The maximum atomic E-state index is 13.1. The zero-order valence-corrected chi connectivity index (χ0v) is 15.9. The average molecular weight is 378 g/mol. The molecular weight excluding hydrogens is 356 g/mol. The molecule has 1 aliphatic carbocycles. The third kappa shape index (κ3) is 2.56. The van der Waals surface area contributed by atoms with Gasteiger partial charge in [-0.05, 0) is 37.8 Å². The van der Waals surface area contributed by atoms with Crippen molar-refractivity contribution in [1.29, 1.82) is 0 Å². The van der Waals surface area contributed by atoms with Gasteiger partial charge in [0.1, 0.15) is 5.52 Å². The fourth-order valence-electron chi connectivity index (χ4n) is 4.26. The van der Waals surface area contributed by atoms with E-state index in [9.17, 15) is 9.90 Å². The van der Waals surface area contributed by atoms with E-state index in [0.717, 1.165) is 46.2 Å². The van der Waals surface area contributed by atoms with Crippen LogP contribution in [0.5, 0.6) is 0 Å². The standard InChI is InChI=1S/C20H22N6O2/c1-24-11-12(9-22-24)15-7-8-16-18(23-15)19-17(10-21-16)25(2)20(28)26(19)13-3-5-14(27)6-4-13/h7-11,13-14,27H,3-6H2,1-2H3/t13-,14-. The van der Waals surface area contributed by atoms with Gasteiger partial charge in [0.05, 0.1) is 40.7 Å². The van der Waals surface area contributed by atoms with Crippen LogP contribution in [-0.4, -0.2) is 40.1 Å². The van der Waals surface area contributed by atoms with Crippen LogP contribution >= 0.6 is 0 Å². The molecule has 1 saturated carbocycles. The van der Waals surface area contributed by atoms with Crippen LogP contribution in [0.2, 0.25) is 0 Å². The van der Waals surface area contributed by atoms with Gasteiger partial charge >= 0.3 is 5.69 Å². The van der Waals surface area contributed by atoms with Crippen molar-refractivity contribution < 1.29 is 5.11 Å². The Balaban J connectivity index is 1.78. The molecule has 0 atom stereocenters. The molecule has 28 heavy (non-hydrogen) atoms. The van der Waals surface area contributed by atoms with Gasteiger partial charge in [0.2, 0.25) is 0 Å². The lowest BCUT2D eigenvalue weighted by molar-refractivity contribution is 0.111. The Morgan fingerprint density at radius 2 is 1.89 bits per heavy atom. The molecule has 4 heterocycles. The minimum Gasteiger partial charge on any atom is -0.393 e. The van der Waals surface area contributed by atoms with E-state index in [0.29, 0.717) is 12.8 Å². The Bertz CT molecular complexity index is 1240. The van der Waals surface area contributed by atoms with Gasteiger partial charge in [0.15, 0.2) is 0 Å². The van der Waals surface area contributed by atoms with Crippen LogP contribution in [0.1, 0.15) is 31.7 Å². The van der Waals surface area contributed by atoms with Crippen molar-refractivity contribution in [3.63, 3.8) is 0 Å². The molecular formula is C20H22N6O2. The highest BCUT2D eigenvalue weighted by Gasteiger charge is 2.26. The van der Waals surface area contributed by atoms with Gasteiger partial charge in [-0.3, -0.25) is 18.8 Å². The van der Waals surface area contributed by atoms with Gasteiger partial charge < -0.3 is 5.11 Å². The van der Waals surface area contributed by atoms with Crippen molar-refractivity contribution in [2.45, 2.75) is 37.8 Å². The zero-order chi connectivity index (χ0) is 19.4. The van der Waals surface area contributed by atoms with Crippen molar-refractivity contribution in [3.8, 4) is 11.3 Å². The zero-order valence-electron chi connectivity index (χ0n) is 15.9. The maximum absolute atomic E-state index is 13.1. The quantitative estimate of drug-likeness (QED) is 0.577. The van der Waals surface area contributed by atoms with Crippen LogP contribution in [-0.2, 0) is 14.1 Å². The second-order valence-corrected chi connectivity index (χ2v) is 7.63. The highest BCUT2D eigenvalue weighted by molar-refractivity contribution is 6.00. The van der Waals surface area contributed by atoms with E-state index in [1.807, 2.05) is 29.9 Å². The normalized spacial score (nSPS) is 20.2. The molecule has 8 nitrogen and oxygen atoms in total. The number of rotatable bonds is 2. The number of imidazole rings is 1. The van der Waals surface area contributed by atoms with E-state index < -0.39 is 0 Å². The third-order valence-electron chi connectivity index (χ3n) is 5.79. The SMILES string of the molecule is Cn1cc(-c2ccc3ncc4c(c3n2)n([C@H]2CC[C@H](O)CC2)c(=O)n4C)cn1. The largest absolute Gasteiger partial charge is 0.393 e. The van der Waals surface area contributed by atoms with Gasteiger partial charge in [-0.15, -0.1) is 0 Å². The maximum Gasteiger partial charge on any atom is 0.329 e. The van der Waals surface area contributed by atoms with Crippen LogP contribution in [0.25, 0.3) is 33.3 Å². The van der Waals surface area contributed by atoms with Gasteiger partial charge in [0.25, 0.3) is 0 Å². The Hall–Kier alpha value is -3.00. The van der Waals surface area contributed by atoms with Gasteiger partial charge in [-0.1, -0.05) is 0 Å². The molecule has 1 N–H and O–H groups in total. The molecule has 1 fully saturated rings. The summed E-state index contributed by atoms with van der Waals surface area (Å²) in [4.78, 5) is 22.5. The Morgan fingerprint density at radius 3 is 2.61 bits per heavy atom. The summed E-state index contributed by atoms with van der Waals surface area (Å²) in [5, 5.41) is 14.1. The van der Waals surface area contributed by atoms with Crippen LogP contribution in [0, 0.1) is 0 Å². The number of aromatic nitrogens is 6. The summed E-state index contributed by atoms with van der Waals surface area (Å²) in [6.07, 6.45) is 8.17. The summed E-state index contributed by atoms with van der Waals surface area (Å²) in [5.74, 6) is 0. The highest BCUT2D eigenvalue weighted by Crippen LogP contribution is 2.32. The van der Waals surface area contributed by atoms with E-state index in [1.54, 1.807) is 28.7 Å². The minimum atomic E-state index is -0.268. The number of hydrogen-bond acceptors (Lipinski definition) is 5. The number of pyridine rings is 2. The molecule has 0 unspecified atom stereocenters. The number of nitrogens with zero attached hydrogens (tertiary/aromatic N) is 6. The lowest BCUT2D eigenvalue weighted by atomic mass is 9.93. The Kier molecular flexibility index (Phi) is 3.83. The summed E-state index contributed by atoms with van der Waals surface area (Å²) in [5.41, 5.74) is 4.75. The summed E-state index contributed by atoms with van der Waals surface area (Å²) in [6, 6.07) is 3.94. The third-order valence-corrected chi connectivity index (χ3v) is 5.79. The van der Waals surface area contributed by atoms with Gasteiger partial charge in [-0.25, -0.2) is 9.78 Å². The van der Waals surface area contributed by atoms with Crippen molar-refractivity contribution in [2.75, 3.05) is 0 Å². The van der Waals surface area contributed by atoms with E-state index in [4.69, 9.17) is 4.98 Å². The molecule has 0 bridgehead atoms. The van der Waals surface area contributed by atoms with Crippen molar-refractivity contribution in [1.82, 2.24) is 28.9 Å². The van der Waals surface area contributed by atoms with E-state index >= 15 is 0 Å². The fraction of sp³-hybridized carbons (Fsp3) is 0.400. The second-order valence-electron chi connectivity index (χ2n) is 7.63. The molecule has 8 heteroatoms. The fourth-order valence-corrected chi connectivity index (χ4v) is 4.26. The molecule has 4 aromatic rings. The predicted molar refractivity (Wildman–Crippen MR) is 106 cm³/mol. The average Bonchev–Trinajstić information content (AvgIpc) is 3.24. The van der Waals surface area contributed by atoms with E-state index in [2.05, 4.69) is 10.1 Å². The minimum absolute atomic E-state index is 0.0562. The van der Waals surface area contributed by atoms with Crippen molar-refractivity contribution in [3.05, 3.63) is 41.2 Å². The van der Waals surface area contributed by atoms with E-state index in [-0.39, 0.29) is 17.8 Å².